The molecule has 0 aliphatic carbocycles. The van der Waals surface area contributed by atoms with Gasteiger partial charge in [0.15, 0.2) is 31.5 Å². The number of ether oxygens (including phenoxy) is 10. The Bertz CT molecular complexity index is 2270. The van der Waals surface area contributed by atoms with Crippen molar-refractivity contribution in [2.75, 3.05) is 33.0 Å². The highest BCUT2D eigenvalue weighted by Crippen LogP contribution is 2.37. The van der Waals surface area contributed by atoms with Gasteiger partial charge >= 0.3 is 0 Å². The molecular weight excluding hydrogens is 1370 g/mol. The van der Waals surface area contributed by atoms with Gasteiger partial charge in [-0.25, -0.2) is 0 Å². The first-order valence-electron chi connectivity index (χ1n) is 40.3. The third kappa shape index (κ3) is 31.6. The van der Waals surface area contributed by atoms with Crippen LogP contribution in [-0.2, 0) is 57.0 Å². The minimum Gasteiger partial charge on any atom is -0.394 e. The van der Waals surface area contributed by atoms with Crippen molar-refractivity contribution in [3.05, 3.63) is 12.2 Å². The molecule has 17 N–H and O–H groups in total. The molecule has 0 radical (unpaired) electrons. The monoisotopic (exact) mass is 1510 g/mol. The Morgan fingerprint density at radius 1 is 0.390 bits per heavy atom. The summed E-state index contributed by atoms with van der Waals surface area (Å²) in [6.45, 7) is 2.67. The van der Waals surface area contributed by atoms with E-state index in [1.54, 1.807) is 6.08 Å². The number of allylic oxidation sites excluding steroid dienone is 1. The minimum atomic E-state index is -2.14. The normalized spacial score (nSPS) is 34.5. The zero-order valence-corrected chi connectivity index (χ0v) is 63.3. The van der Waals surface area contributed by atoms with Crippen LogP contribution in [0, 0.1) is 0 Å². The van der Waals surface area contributed by atoms with Gasteiger partial charge in [-0.1, -0.05) is 231 Å². The van der Waals surface area contributed by atoms with Gasteiger partial charge in [-0.2, -0.15) is 0 Å². The molecule has 27 atom stereocenters. The minimum absolute atomic E-state index is 0.197. The van der Waals surface area contributed by atoms with E-state index in [1.165, 1.54) is 174 Å². The first-order chi connectivity index (χ1) is 50.7. The predicted molar refractivity (Wildman–Crippen MR) is 385 cm³/mol. The van der Waals surface area contributed by atoms with Crippen molar-refractivity contribution < 1.29 is 134 Å². The number of carbonyl (C=O) groups excluding carboxylic acids is 2. The molecule has 0 saturated carbocycles. The fraction of sp³-hybridized carbons (Fsp3) is 0.947. The van der Waals surface area contributed by atoms with E-state index in [9.17, 15) is 86.2 Å². The fourth-order valence-electron chi connectivity index (χ4n) is 14.6. The molecule has 5 fully saturated rings. The van der Waals surface area contributed by atoms with Crippen molar-refractivity contribution >= 4 is 11.8 Å². The molecule has 0 aromatic rings. The summed E-state index contributed by atoms with van der Waals surface area (Å²) in [6, 6.07) is -2.80. The van der Waals surface area contributed by atoms with E-state index >= 15 is 0 Å². The van der Waals surface area contributed by atoms with Gasteiger partial charge in [0.05, 0.1) is 51.3 Å². The van der Waals surface area contributed by atoms with Crippen molar-refractivity contribution in [1.29, 1.82) is 0 Å². The highest BCUT2D eigenvalue weighted by Gasteiger charge is 2.57. The van der Waals surface area contributed by atoms with E-state index in [0.29, 0.717) is 12.8 Å². The van der Waals surface area contributed by atoms with E-state index < -0.39 is 205 Å². The molecule has 0 bridgehead atoms. The van der Waals surface area contributed by atoms with Crippen LogP contribution in [0.5, 0.6) is 0 Å². The Balaban J connectivity index is 1.15. The lowest BCUT2D eigenvalue weighted by molar-refractivity contribution is -0.391. The largest absolute Gasteiger partial charge is 0.394 e. The van der Waals surface area contributed by atoms with Crippen LogP contribution in [0.15, 0.2) is 12.2 Å². The number of nitrogens with one attached hydrogen (secondary N) is 2. The van der Waals surface area contributed by atoms with E-state index in [1.807, 2.05) is 6.08 Å². The van der Waals surface area contributed by atoms with Crippen LogP contribution in [0.3, 0.4) is 0 Å². The number of amides is 2. The Morgan fingerprint density at radius 3 is 1.26 bits per heavy atom. The highest BCUT2D eigenvalue weighted by atomic mass is 16.8. The lowest BCUT2D eigenvalue weighted by atomic mass is 9.94. The fourth-order valence-corrected chi connectivity index (χ4v) is 14.6. The summed E-state index contributed by atoms with van der Waals surface area (Å²) in [6.07, 6.45) is 1.31. The topological polar surface area (TPSA) is 454 Å². The lowest BCUT2D eigenvalue weighted by Gasteiger charge is -2.50. The smallest absolute Gasteiger partial charge is 0.220 e. The standard InChI is InChI=1S/C76H140N2O27/c1-5-7-9-11-13-15-17-19-20-21-22-23-24-25-26-27-28-30-32-34-36-38-40-42-56(85)78-50(51(84)41-39-37-35-33-31-29-18-16-14-12-10-8-6-2)47-96-73-66(94)64(92)69(55(46-82)101-73)102-75-67(95)70(60(88)53(44-80)98-75)104-72-57(77-49(4)83)61(89)68(54(45-81)100-72)103-76-71(63(91)59(87)52(43-79)99-76)105-74-65(93)62(90)58(86)48(3)97-74/h39,41,48,50-55,57-76,79-82,84,86-95H,5-38,40,42-47H2,1-4H3,(H,77,83)(H,78,85)/b41-39+/t48?,50-,51+,52?,53?,54?,55?,57?,58+,59-,60-,61+,62?,63-,64+,65-,66?,67?,68+,69+,70-,71?,72-,73+,74+,75-,76-/m0/s1. The molecule has 29 heteroatoms. The lowest BCUT2D eigenvalue weighted by Crippen LogP contribution is -2.70. The molecule has 2 amide bonds. The third-order valence-corrected chi connectivity index (χ3v) is 21.2. The first-order valence-corrected chi connectivity index (χ1v) is 40.3. The van der Waals surface area contributed by atoms with E-state index in [2.05, 4.69) is 24.5 Å². The molecule has 5 aliphatic rings. The van der Waals surface area contributed by atoms with E-state index in [0.717, 1.165) is 51.9 Å². The molecule has 0 aromatic heterocycles. The number of aliphatic hydroxyl groups is 15. The van der Waals surface area contributed by atoms with Crippen molar-refractivity contribution in [3.63, 3.8) is 0 Å². The second-order valence-corrected chi connectivity index (χ2v) is 29.9. The SMILES string of the molecule is CCCCCCCCCCCCC/C=C/[C@@H](O)[C@H](CO[C@@H]1OC(CO)[C@@H](O[C@@H]2OC(CO)[C@H](O)[C@H](O[C@@H]3OC(CO)[C@@H](O[C@@H]4OC(CO)[C@H](O)[C@H](O)C4O[C@H]4OC(C)[C@@H](O)C(O)[C@@H]4O)[C@H](O)C3NC(C)=O)C2O)[C@H](O)C1O)NC(=O)CCCCCCCCCCCCCCCCCCCCCCCCC. The number of hydrogen-bond donors (Lipinski definition) is 17. The van der Waals surface area contributed by atoms with Gasteiger partial charge in [0.25, 0.3) is 0 Å². The summed E-state index contributed by atoms with van der Waals surface area (Å²) >= 11 is 0. The second kappa shape index (κ2) is 52.8. The van der Waals surface area contributed by atoms with Crippen LogP contribution in [0.25, 0.3) is 0 Å². The summed E-state index contributed by atoms with van der Waals surface area (Å²) in [5.74, 6) is -1.13. The van der Waals surface area contributed by atoms with E-state index in [-0.39, 0.29) is 12.3 Å². The van der Waals surface area contributed by atoms with E-state index in [4.69, 9.17) is 47.4 Å². The molecule has 0 spiro atoms. The molecule has 5 heterocycles. The molecule has 5 saturated heterocycles. The van der Waals surface area contributed by atoms with Crippen LogP contribution < -0.4 is 10.6 Å². The molecule has 616 valence electrons. The van der Waals surface area contributed by atoms with Crippen molar-refractivity contribution in [2.45, 2.75) is 424 Å². The molecule has 10 unspecified atom stereocenters. The average Bonchev–Trinajstić information content (AvgIpc) is 0.774. The average molecular weight is 1510 g/mol. The maximum atomic E-state index is 13.6. The summed E-state index contributed by atoms with van der Waals surface area (Å²) < 4.78 is 59.0. The third-order valence-electron chi connectivity index (χ3n) is 21.2. The van der Waals surface area contributed by atoms with Gasteiger partial charge in [0.1, 0.15) is 116 Å². The first kappa shape index (κ1) is 93.3. The van der Waals surface area contributed by atoms with Gasteiger partial charge in [-0.05, 0) is 26.2 Å². The maximum absolute atomic E-state index is 13.6. The highest BCUT2D eigenvalue weighted by molar-refractivity contribution is 5.76. The molecule has 29 nitrogen and oxygen atoms in total. The Morgan fingerprint density at radius 2 is 0.771 bits per heavy atom. The van der Waals surface area contributed by atoms with Gasteiger partial charge < -0.3 is 135 Å². The number of carbonyl (C=O) groups is 2. The quantitative estimate of drug-likeness (QED) is 0.0304. The van der Waals surface area contributed by atoms with Crippen LogP contribution >= 0.6 is 0 Å². The molecule has 0 aromatic carbocycles. The second-order valence-electron chi connectivity index (χ2n) is 29.9. The van der Waals surface area contributed by atoms with Crippen LogP contribution in [0.2, 0.25) is 0 Å². The Labute approximate surface area is 623 Å². The van der Waals surface area contributed by atoms with Crippen LogP contribution in [-0.4, -0.2) is 287 Å². The summed E-state index contributed by atoms with van der Waals surface area (Å²) in [5, 5.41) is 171. The molecule has 5 rings (SSSR count). The van der Waals surface area contributed by atoms with Crippen LogP contribution in [0.4, 0.5) is 0 Å². The zero-order chi connectivity index (χ0) is 76.6. The van der Waals surface area contributed by atoms with Gasteiger partial charge in [0.2, 0.25) is 11.8 Å². The molecule has 5 aliphatic heterocycles. The summed E-state index contributed by atoms with van der Waals surface area (Å²) in [5.41, 5.74) is 0. The van der Waals surface area contributed by atoms with Crippen molar-refractivity contribution in [2.24, 2.45) is 0 Å². The zero-order valence-electron chi connectivity index (χ0n) is 63.3. The number of rotatable bonds is 55. The number of unbranched alkanes of at least 4 members (excludes halogenated alkanes) is 33. The van der Waals surface area contributed by atoms with Crippen LogP contribution in [0.1, 0.15) is 259 Å². The summed E-state index contributed by atoms with van der Waals surface area (Å²) in [7, 11) is 0. The summed E-state index contributed by atoms with van der Waals surface area (Å²) in [4.78, 5) is 26.4. The molecular formula is C76H140N2O27. The predicted octanol–water partition coefficient (Wildman–Crippen LogP) is 3.76. The molecule has 105 heavy (non-hydrogen) atoms. The number of hydrogen-bond acceptors (Lipinski definition) is 27. The Hall–Kier alpha value is -2.32. The van der Waals surface area contributed by atoms with Gasteiger partial charge in [-0.3, -0.25) is 9.59 Å². The van der Waals surface area contributed by atoms with Crippen molar-refractivity contribution in [1.82, 2.24) is 10.6 Å². The number of aliphatic hydroxyl groups excluding tert-OH is 15. The van der Waals surface area contributed by atoms with Crippen molar-refractivity contribution in [3.8, 4) is 0 Å². The van der Waals surface area contributed by atoms with Gasteiger partial charge in [0, 0.05) is 13.3 Å². The maximum Gasteiger partial charge on any atom is 0.220 e. The Kier molecular flexibility index (Phi) is 46.9. The van der Waals surface area contributed by atoms with Gasteiger partial charge in [-0.15, -0.1) is 0 Å².